The van der Waals surface area contributed by atoms with Crippen LogP contribution < -0.4 is 4.74 Å². The van der Waals surface area contributed by atoms with Crippen molar-refractivity contribution in [1.29, 1.82) is 0 Å². The minimum atomic E-state index is -0.606. The Morgan fingerprint density at radius 3 is 2.25 bits per heavy atom. The summed E-state index contributed by atoms with van der Waals surface area (Å²) >= 11 is 0. The van der Waals surface area contributed by atoms with Gasteiger partial charge in [0.25, 0.3) is 0 Å². The third-order valence-electron chi connectivity index (χ3n) is 3.76. The number of methoxy groups -OCH3 is 2. The van der Waals surface area contributed by atoms with Crippen LogP contribution in [-0.2, 0) is 4.74 Å². The molecule has 5 heteroatoms. The van der Waals surface area contributed by atoms with E-state index in [0.29, 0.717) is 11.4 Å². The Hall–Kier alpha value is -3.21. The molecule has 1 aromatic heterocycles. The first-order valence-corrected chi connectivity index (χ1v) is 7.38. The molecule has 0 saturated carbocycles. The molecule has 0 radical (unpaired) electrons. The van der Waals surface area contributed by atoms with Gasteiger partial charge in [0.15, 0.2) is 5.69 Å². The first kappa shape index (κ1) is 15.7. The van der Waals surface area contributed by atoms with Crippen LogP contribution in [0.4, 0.5) is 0 Å². The molecule has 0 aliphatic heterocycles. The molecule has 0 saturated heterocycles. The fraction of sp³-hybridized carbons (Fsp3) is 0.105. The molecule has 122 valence electrons. The summed E-state index contributed by atoms with van der Waals surface area (Å²) in [5.41, 5.74) is 2.37. The minimum Gasteiger partial charge on any atom is -0.505 e. The van der Waals surface area contributed by atoms with E-state index in [9.17, 15) is 9.90 Å². The van der Waals surface area contributed by atoms with E-state index in [1.807, 2.05) is 42.5 Å². The van der Waals surface area contributed by atoms with Gasteiger partial charge in [0.2, 0.25) is 0 Å². The Kier molecular flexibility index (Phi) is 4.24. The average molecular weight is 323 g/mol. The van der Waals surface area contributed by atoms with E-state index in [2.05, 4.69) is 0 Å². The topological polar surface area (TPSA) is 60.7 Å². The van der Waals surface area contributed by atoms with Gasteiger partial charge in [-0.2, -0.15) is 0 Å². The van der Waals surface area contributed by atoms with Gasteiger partial charge >= 0.3 is 5.97 Å². The molecule has 3 aromatic rings. The van der Waals surface area contributed by atoms with Crippen molar-refractivity contribution in [1.82, 2.24) is 4.57 Å². The molecule has 0 spiro atoms. The summed E-state index contributed by atoms with van der Waals surface area (Å²) in [6, 6.07) is 18.3. The Morgan fingerprint density at radius 1 is 1.00 bits per heavy atom. The molecule has 0 atom stereocenters. The quantitative estimate of drug-likeness (QED) is 0.745. The summed E-state index contributed by atoms with van der Waals surface area (Å²) < 4.78 is 11.7. The van der Waals surface area contributed by atoms with E-state index in [1.165, 1.54) is 7.11 Å². The van der Waals surface area contributed by atoms with Crippen molar-refractivity contribution >= 4 is 5.97 Å². The monoisotopic (exact) mass is 323 g/mol. The zero-order valence-electron chi connectivity index (χ0n) is 13.4. The van der Waals surface area contributed by atoms with Gasteiger partial charge in [0, 0.05) is 11.8 Å². The Labute approximate surface area is 139 Å². The molecule has 0 amide bonds. The molecular weight excluding hydrogens is 306 g/mol. The first-order chi connectivity index (χ1) is 11.7. The maximum atomic E-state index is 12.2. The Balaban J connectivity index is 2.25. The SMILES string of the molecule is COC(=O)c1c(O)cc(-c2ccccc2)n1-c1ccc(OC)cc1. The highest BCUT2D eigenvalue weighted by molar-refractivity contribution is 5.93. The number of benzene rings is 2. The van der Waals surface area contributed by atoms with Crippen molar-refractivity contribution in [2.24, 2.45) is 0 Å². The van der Waals surface area contributed by atoms with Crippen molar-refractivity contribution in [3.63, 3.8) is 0 Å². The number of nitrogens with zero attached hydrogens (tertiary/aromatic N) is 1. The van der Waals surface area contributed by atoms with Crippen LogP contribution in [0.5, 0.6) is 11.5 Å². The number of carbonyl (C=O) groups is 1. The molecule has 0 bridgehead atoms. The van der Waals surface area contributed by atoms with Crippen molar-refractivity contribution in [3.8, 4) is 28.4 Å². The van der Waals surface area contributed by atoms with Gasteiger partial charge in [0.05, 0.1) is 19.9 Å². The smallest absolute Gasteiger partial charge is 0.358 e. The summed E-state index contributed by atoms with van der Waals surface area (Å²) in [5, 5.41) is 10.3. The van der Waals surface area contributed by atoms with Crippen LogP contribution >= 0.6 is 0 Å². The lowest BCUT2D eigenvalue weighted by atomic mass is 10.1. The normalized spacial score (nSPS) is 10.4. The number of hydrogen-bond acceptors (Lipinski definition) is 4. The zero-order valence-corrected chi connectivity index (χ0v) is 13.4. The van der Waals surface area contributed by atoms with E-state index in [4.69, 9.17) is 9.47 Å². The lowest BCUT2D eigenvalue weighted by Crippen LogP contribution is -2.10. The summed E-state index contributed by atoms with van der Waals surface area (Å²) in [6.45, 7) is 0. The van der Waals surface area contributed by atoms with E-state index in [0.717, 1.165) is 11.3 Å². The minimum absolute atomic E-state index is 0.0847. The third-order valence-corrected chi connectivity index (χ3v) is 3.76. The van der Waals surface area contributed by atoms with Gasteiger partial charge in [-0.25, -0.2) is 4.79 Å². The second-order valence-corrected chi connectivity index (χ2v) is 5.15. The van der Waals surface area contributed by atoms with Crippen LogP contribution in [-0.4, -0.2) is 29.9 Å². The lowest BCUT2D eigenvalue weighted by molar-refractivity contribution is 0.0588. The number of carbonyl (C=O) groups excluding carboxylic acids is 1. The van der Waals surface area contributed by atoms with Crippen LogP contribution in [0.3, 0.4) is 0 Å². The Morgan fingerprint density at radius 2 is 1.67 bits per heavy atom. The van der Waals surface area contributed by atoms with Gasteiger partial charge in [-0.3, -0.25) is 0 Å². The number of esters is 1. The van der Waals surface area contributed by atoms with E-state index >= 15 is 0 Å². The fourth-order valence-electron chi connectivity index (χ4n) is 2.61. The number of hydrogen-bond donors (Lipinski definition) is 1. The molecule has 0 fully saturated rings. The highest BCUT2D eigenvalue weighted by atomic mass is 16.5. The van der Waals surface area contributed by atoms with E-state index in [-0.39, 0.29) is 11.4 Å². The predicted molar refractivity (Wildman–Crippen MR) is 90.8 cm³/mol. The number of aromatic hydroxyl groups is 1. The third kappa shape index (κ3) is 2.72. The molecule has 1 heterocycles. The molecule has 0 unspecified atom stereocenters. The average Bonchev–Trinajstić information content (AvgIpc) is 2.99. The Bertz CT molecular complexity index is 851. The molecule has 0 aliphatic rings. The van der Waals surface area contributed by atoms with Gasteiger partial charge in [0.1, 0.15) is 11.5 Å². The van der Waals surface area contributed by atoms with Gasteiger partial charge in [-0.1, -0.05) is 30.3 Å². The van der Waals surface area contributed by atoms with E-state index in [1.54, 1.807) is 29.9 Å². The molecule has 2 aromatic carbocycles. The van der Waals surface area contributed by atoms with Crippen LogP contribution in [0.1, 0.15) is 10.5 Å². The lowest BCUT2D eigenvalue weighted by Gasteiger charge is -2.13. The van der Waals surface area contributed by atoms with Crippen LogP contribution in [0.15, 0.2) is 60.7 Å². The zero-order chi connectivity index (χ0) is 17.1. The molecule has 24 heavy (non-hydrogen) atoms. The second-order valence-electron chi connectivity index (χ2n) is 5.15. The van der Waals surface area contributed by atoms with Crippen molar-refractivity contribution < 1.29 is 19.4 Å². The van der Waals surface area contributed by atoms with Crippen molar-refractivity contribution in [3.05, 3.63) is 66.4 Å². The summed E-state index contributed by atoms with van der Waals surface area (Å²) in [6.07, 6.45) is 0. The molecule has 0 aliphatic carbocycles. The highest BCUT2D eigenvalue weighted by Gasteiger charge is 2.23. The van der Waals surface area contributed by atoms with Crippen molar-refractivity contribution in [2.75, 3.05) is 14.2 Å². The molecule has 1 N–H and O–H groups in total. The van der Waals surface area contributed by atoms with Gasteiger partial charge < -0.3 is 19.1 Å². The van der Waals surface area contributed by atoms with Crippen LogP contribution in [0, 0.1) is 0 Å². The molecular formula is C19H17NO4. The van der Waals surface area contributed by atoms with Gasteiger partial charge in [-0.15, -0.1) is 0 Å². The summed E-state index contributed by atoms with van der Waals surface area (Å²) in [7, 11) is 2.88. The fourth-order valence-corrected chi connectivity index (χ4v) is 2.61. The second kappa shape index (κ2) is 6.50. The number of ether oxygens (including phenoxy) is 2. The first-order valence-electron chi connectivity index (χ1n) is 7.38. The molecule has 3 rings (SSSR count). The van der Waals surface area contributed by atoms with Crippen LogP contribution in [0.25, 0.3) is 16.9 Å². The maximum Gasteiger partial charge on any atom is 0.358 e. The highest BCUT2D eigenvalue weighted by Crippen LogP contribution is 2.34. The maximum absolute atomic E-state index is 12.2. The largest absolute Gasteiger partial charge is 0.505 e. The summed E-state index contributed by atoms with van der Waals surface area (Å²) in [4.78, 5) is 12.2. The molecule has 5 nitrogen and oxygen atoms in total. The van der Waals surface area contributed by atoms with E-state index < -0.39 is 5.97 Å². The van der Waals surface area contributed by atoms with Crippen molar-refractivity contribution in [2.45, 2.75) is 0 Å². The predicted octanol–water partition coefficient (Wildman–Crippen LogP) is 3.65. The van der Waals surface area contributed by atoms with Gasteiger partial charge in [-0.05, 0) is 29.8 Å². The standard InChI is InChI=1S/C19H17NO4/c1-23-15-10-8-14(9-11-15)20-16(13-6-4-3-5-7-13)12-17(21)18(20)19(22)24-2/h3-12,21H,1-2H3. The summed E-state index contributed by atoms with van der Waals surface area (Å²) in [5.74, 6) is -0.0296. The number of rotatable bonds is 4. The van der Waals surface area contributed by atoms with Crippen LogP contribution in [0.2, 0.25) is 0 Å². The number of aromatic nitrogens is 1.